The monoisotopic (exact) mass is 294 g/mol. The van der Waals surface area contributed by atoms with E-state index in [0.717, 1.165) is 31.9 Å². The molecular weight excluding hydrogens is 276 g/mol. The van der Waals surface area contributed by atoms with E-state index in [-0.39, 0.29) is 12.4 Å². The smallest absolute Gasteiger partial charge is 0.0738 e. The molecule has 1 unspecified atom stereocenters. The molecule has 108 valence electrons. The summed E-state index contributed by atoms with van der Waals surface area (Å²) in [4.78, 5) is 6.55. The molecule has 3 heterocycles. The minimum absolute atomic E-state index is 0. The maximum atomic E-state index is 4.09. The summed E-state index contributed by atoms with van der Waals surface area (Å²) in [7, 11) is 1.94. The Kier molecular flexibility index (Phi) is 5.05. The molecule has 0 radical (unpaired) electrons. The van der Waals surface area contributed by atoms with E-state index >= 15 is 0 Å². The van der Waals surface area contributed by atoms with Crippen LogP contribution in [0.1, 0.15) is 17.3 Å². The van der Waals surface area contributed by atoms with Gasteiger partial charge < -0.3 is 5.32 Å². The molecule has 0 saturated carbocycles. The van der Waals surface area contributed by atoms with Crippen LogP contribution >= 0.6 is 12.4 Å². The SMILES string of the molecule is Cl.Cn1nncc1CN1CCNCC1c1ccncc1. The average Bonchev–Trinajstić information content (AvgIpc) is 2.86. The van der Waals surface area contributed by atoms with Crippen molar-refractivity contribution in [1.29, 1.82) is 0 Å². The first-order valence-electron chi connectivity index (χ1n) is 6.53. The molecule has 1 atom stereocenters. The minimum atomic E-state index is 0. The van der Waals surface area contributed by atoms with Crippen molar-refractivity contribution >= 4 is 12.4 Å². The Labute approximate surface area is 124 Å². The molecule has 1 fully saturated rings. The molecule has 0 amide bonds. The van der Waals surface area contributed by atoms with Gasteiger partial charge in [-0.05, 0) is 17.7 Å². The van der Waals surface area contributed by atoms with Crippen LogP contribution in [0.4, 0.5) is 0 Å². The summed E-state index contributed by atoms with van der Waals surface area (Å²) in [6, 6.07) is 4.56. The Hall–Kier alpha value is -1.50. The first-order valence-corrected chi connectivity index (χ1v) is 6.53. The predicted octanol–water partition coefficient (Wildman–Crippen LogP) is 0.778. The molecule has 6 nitrogen and oxygen atoms in total. The van der Waals surface area contributed by atoms with Crippen LogP contribution in [0.3, 0.4) is 0 Å². The van der Waals surface area contributed by atoms with Gasteiger partial charge in [0.05, 0.1) is 11.9 Å². The summed E-state index contributed by atoms with van der Waals surface area (Å²) >= 11 is 0. The minimum Gasteiger partial charge on any atom is -0.314 e. The van der Waals surface area contributed by atoms with Crippen LogP contribution in [0, 0.1) is 0 Å². The number of aryl methyl sites for hydroxylation is 1. The van der Waals surface area contributed by atoms with Crippen molar-refractivity contribution < 1.29 is 0 Å². The fraction of sp³-hybridized carbons (Fsp3) is 0.462. The molecule has 1 aliphatic heterocycles. The molecule has 2 aromatic heterocycles. The van der Waals surface area contributed by atoms with Gasteiger partial charge in [0.25, 0.3) is 0 Å². The van der Waals surface area contributed by atoms with E-state index in [2.05, 4.69) is 37.6 Å². The molecule has 20 heavy (non-hydrogen) atoms. The maximum Gasteiger partial charge on any atom is 0.0738 e. The van der Waals surface area contributed by atoms with Gasteiger partial charge in [-0.2, -0.15) is 0 Å². The van der Waals surface area contributed by atoms with E-state index in [0.29, 0.717) is 6.04 Å². The number of aromatic nitrogens is 4. The van der Waals surface area contributed by atoms with E-state index in [1.165, 1.54) is 5.56 Å². The summed E-state index contributed by atoms with van der Waals surface area (Å²) in [6.07, 6.45) is 5.55. The van der Waals surface area contributed by atoms with Gasteiger partial charge in [0, 0.05) is 51.7 Å². The van der Waals surface area contributed by atoms with E-state index in [1.807, 2.05) is 30.3 Å². The number of piperazine rings is 1. The lowest BCUT2D eigenvalue weighted by Crippen LogP contribution is -2.45. The number of rotatable bonds is 3. The van der Waals surface area contributed by atoms with Gasteiger partial charge in [0.15, 0.2) is 0 Å². The van der Waals surface area contributed by atoms with E-state index in [1.54, 1.807) is 0 Å². The topological polar surface area (TPSA) is 58.9 Å². The molecule has 0 aromatic carbocycles. The number of hydrogen-bond acceptors (Lipinski definition) is 5. The van der Waals surface area contributed by atoms with E-state index in [9.17, 15) is 0 Å². The van der Waals surface area contributed by atoms with Crippen LogP contribution < -0.4 is 5.32 Å². The van der Waals surface area contributed by atoms with Gasteiger partial charge >= 0.3 is 0 Å². The molecule has 0 bridgehead atoms. The molecule has 1 saturated heterocycles. The third-order valence-corrected chi connectivity index (χ3v) is 3.62. The van der Waals surface area contributed by atoms with Gasteiger partial charge in [-0.3, -0.25) is 14.6 Å². The standard InChI is InChI=1S/C13H18N6.ClH/c1-18-12(8-16-17-18)10-19-7-6-15-9-13(19)11-2-4-14-5-3-11;/h2-5,8,13,15H,6-7,9-10H2,1H3;1H. The molecule has 2 aromatic rings. The molecular formula is C13H19ClN6. The second kappa shape index (κ2) is 6.78. The summed E-state index contributed by atoms with van der Waals surface area (Å²) in [5, 5.41) is 11.4. The normalized spacial score (nSPS) is 19.6. The number of hydrogen-bond donors (Lipinski definition) is 1. The fourth-order valence-corrected chi connectivity index (χ4v) is 2.51. The van der Waals surface area contributed by atoms with Crippen LogP contribution in [0.2, 0.25) is 0 Å². The summed E-state index contributed by atoms with van der Waals surface area (Å²) < 4.78 is 1.84. The zero-order valence-corrected chi connectivity index (χ0v) is 12.3. The summed E-state index contributed by atoms with van der Waals surface area (Å²) in [5.41, 5.74) is 2.44. The molecule has 0 aliphatic carbocycles. The second-order valence-electron chi connectivity index (χ2n) is 4.82. The fourth-order valence-electron chi connectivity index (χ4n) is 2.51. The average molecular weight is 295 g/mol. The summed E-state index contributed by atoms with van der Waals surface area (Å²) in [5.74, 6) is 0. The number of nitrogens with zero attached hydrogens (tertiary/aromatic N) is 5. The Morgan fingerprint density at radius 2 is 2.15 bits per heavy atom. The highest BCUT2D eigenvalue weighted by Gasteiger charge is 2.24. The number of pyridine rings is 1. The first kappa shape index (κ1) is 14.9. The third kappa shape index (κ3) is 3.15. The van der Waals surface area contributed by atoms with Gasteiger partial charge in [-0.25, -0.2) is 0 Å². The van der Waals surface area contributed by atoms with Crippen LogP contribution in [-0.2, 0) is 13.6 Å². The van der Waals surface area contributed by atoms with E-state index < -0.39 is 0 Å². The highest BCUT2D eigenvalue weighted by Crippen LogP contribution is 2.23. The third-order valence-electron chi connectivity index (χ3n) is 3.62. The lowest BCUT2D eigenvalue weighted by atomic mass is 10.0. The van der Waals surface area contributed by atoms with Crippen molar-refractivity contribution in [2.75, 3.05) is 19.6 Å². The van der Waals surface area contributed by atoms with Crippen LogP contribution in [0.15, 0.2) is 30.7 Å². The number of nitrogens with one attached hydrogen (secondary N) is 1. The Bertz CT molecular complexity index is 529. The van der Waals surface area contributed by atoms with Crippen molar-refractivity contribution in [3.05, 3.63) is 42.0 Å². The zero-order valence-electron chi connectivity index (χ0n) is 11.4. The van der Waals surface area contributed by atoms with Crippen molar-refractivity contribution in [2.24, 2.45) is 7.05 Å². The second-order valence-corrected chi connectivity index (χ2v) is 4.82. The van der Waals surface area contributed by atoms with Gasteiger partial charge in [0.1, 0.15) is 0 Å². The highest BCUT2D eigenvalue weighted by molar-refractivity contribution is 5.85. The Balaban J connectivity index is 0.00000147. The van der Waals surface area contributed by atoms with Crippen LogP contribution in [-0.4, -0.2) is 44.5 Å². The van der Waals surface area contributed by atoms with E-state index in [4.69, 9.17) is 0 Å². The molecule has 0 spiro atoms. The van der Waals surface area contributed by atoms with Gasteiger partial charge in [0.2, 0.25) is 0 Å². The Morgan fingerprint density at radius 1 is 1.35 bits per heavy atom. The largest absolute Gasteiger partial charge is 0.314 e. The van der Waals surface area contributed by atoms with Crippen molar-refractivity contribution in [3.63, 3.8) is 0 Å². The number of halogens is 1. The van der Waals surface area contributed by atoms with Gasteiger partial charge in [-0.15, -0.1) is 17.5 Å². The zero-order chi connectivity index (χ0) is 13.1. The highest BCUT2D eigenvalue weighted by atomic mass is 35.5. The van der Waals surface area contributed by atoms with Crippen molar-refractivity contribution in [3.8, 4) is 0 Å². The summed E-state index contributed by atoms with van der Waals surface area (Å²) in [6.45, 7) is 3.89. The van der Waals surface area contributed by atoms with Gasteiger partial charge in [-0.1, -0.05) is 5.21 Å². The van der Waals surface area contributed by atoms with Crippen molar-refractivity contribution in [1.82, 2.24) is 30.2 Å². The predicted molar refractivity (Wildman–Crippen MR) is 78.5 cm³/mol. The molecule has 1 aliphatic rings. The first-order chi connectivity index (χ1) is 9.34. The Morgan fingerprint density at radius 3 is 2.85 bits per heavy atom. The quantitative estimate of drug-likeness (QED) is 0.906. The molecule has 3 rings (SSSR count). The molecule has 1 N–H and O–H groups in total. The maximum absolute atomic E-state index is 4.09. The van der Waals surface area contributed by atoms with Crippen molar-refractivity contribution in [2.45, 2.75) is 12.6 Å². The lowest BCUT2D eigenvalue weighted by Gasteiger charge is -2.36. The van der Waals surface area contributed by atoms with Crippen LogP contribution in [0.25, 0.3) is 0 Å². The molecule has 7 heteroatoms. The lowest BCUT2D eigenvalue weighted by molar-refractivity contribution is 0.150. The van der Waals surface area contributed by atoms with Crippen LogP contribution in [0.5, 0.6) is 0 Å².